The summed E-state index contributed by atoms with van der Waals surface area (Å²) in [6, 6.07) is 3.53. The summed E-state index contributed by atoms with van der Waals surface area (Å²) >= 11 is 11.1. The molecule has 114 valence electrons. The van der Waals surface area contributed by atoms with E-state index in [1.807, 2.05) is 0 Å². The molecule has 8 nitrogen and oxygen atoms in total. The zero-order valence-corrected chi connectivity index (χ0v) is 12.9. The number of nitro groups is 1. The number of hydrogen-bond donors (Lipinski definition) is 2. The number of Topliss-reactive ketones (excluding diaryl/α,β-unsaturated/α-hetero) is 1. The average Bonchev–Trinajstić information content (AvgIpc) is 2.78. The predicted octanol–water partition coefficient (Wildman–Crippen LogP) is 1.27. The summed E-state index contributed by atoms with van der Waals surface area (Å²) in [5.74, 6) is -2.74. The molecule has 1 aliphatic rings. The van der Waals surface area contributed by atoms with Gasteiger partial charge >= 0.3 is 0 Å². The SMILES string of the molecule is O=C(Nc1ccc(Cl)c([N+](=O)[O-])c1)C(=O)C1SC(=S)NC1=O. The van der Waals surface area contributed by atoms with Gasteiger partial charge in [0.2, 0.25) is 11.7 Å². The maximum Gasteiger partial charge on any atom is 0.293 e. The Balaban J connectivity index is 2.14. The Hall–Kier alpha value is -2.04. The lowest BCUT2D eigenvalue weighted by molar-refractivity contribution is -0.384. The molecule has 0 aromatic heterocycles. The highest BCUT2D eigenvalue weighted by molar-refractivity contribution is 8.25. The van der Waals surface area contributed by atoms with Crippen LogP contribution in [-0.2, 0) is 14.4 Å². The third-order valence-electron chi connectivity index (χ3n) is 2.55. The second-order valence-corrected chi connectivity index (χ2v) is 6.21. The minimum atomic E-state index is -1.25. The Morgan fingerprint density at radius 2 is 2.14 bits per heavy atom. The zero-order valence-electron chi connectivity index (χ0n) is 10.5. The third kappa shape index (κ3) is 3.40. The molecular formula is C11H6ClN3O5S2. The number of nitro benzene ring substituents is 1. The van der Waals surface area contributed by atoms with Gasteiger partial charge in [-0.25, -0.2) is 0 Å². The van der Waals surface area contributed by atoms with Crippen LogP contribution in [0.15, 0.2) is 18.2 Å². The van der Waals surface area contributed by atoms with Gasteiger partial charge in [-0.2, -0.15) is 0 Å². The van der Waals surface area contributed by atoms with Crippen molar-refractivity contribution in [3.8, 4) is 0 Å². The maximum atomic E-state index is 11.9. The van der Waals surface area contributed by atoms with E-state index in [0.29, 0.717) is 0 Å². The van der Waals surface area contributed by atoms with Gasteiger partial charge in [0.1, 0.15) is 9.34 Å². The molecule has 2 amide bonds. The number of thiocarbonyl (C=S) groups is 1. The first-order valence-corrected chi connectivity index (χ1v) is 7.27. The van der Waals surface area contributed by atoms with Gasteiger partial charge in [-0.05, 0) is 12.1 Å². The summed E-state index contributed by atoms with van der Waals surface area (Å²) < 4.78 is 0.110. The summed E-state index contributed by atoms with van der Waals surface area (Å²) in [6.45, 7) is 0. The molecule has 2 N–H and O–H groups in total. The first-order valence-electron chi connectivity index (χ1n) is 5.60. The smallest absolute Gasteiger partial charge is 0.293 e. The summed E-state index contributed by atoms with van der Waals surface area (Å²) in [6.07, 6.45) is 0. The van der Waals surface area contributed by atoms with Crippen LogP contribution in [0.25, 0.3) is 0 Å². The Bertz CT molecular complexity index is 724. The van der Waals surface area contributed by atoms with Crippen molar-refractivity contribution in [3.05, 3.63) is 33.3 Å². The largest absolute Gasteiger partial charge is 0.319 e. The molecule has 1 aromatic rings. The molecule has 1 heterocycles. The van der Waals surface area contributed by atoms with Gasteiger partial charge < -0.3 is 10.6 Å². The standard InChI is InChI=1S/C11H6ClN3O5S2/c12-5-2-1-4(3-6(5)15(19)20)13-9(17)7(16)8-10(18)14-11(21)22-8/h1-3,8H,(H,13,17)(H,14,18,21). The van der Waals surface area contributed by atoms with Crippen molar-refractivity contribution >= 4 is 68.9 Å². The molecular weight excluding hydrogens is 354 g/mol. The number of carbonyl (C=O) groups excluding carboxylic acids is 3. The van der Waals surface area contributed by atoms with Crippen LogP contribution in [0.4, 0.5) is 11.4 Å². The monoisotopic (exact) mass is 359 g/mol. The number of carbonyl (C=O) groups is 3. The molecule has 11 heteroatoms. The van der Waals surface area contributed by atoms with Gasteiger partial charge in [-0.3, -0.25) is 24.5 Å². The minimum absolute atomic E-state index is 0.0143. The molecule has 1 fully saturated rings. The summed E-state index contributed by atoms with van der Waals surface area (Å²) in [5.41, 5.74) is -0.401. The highest BCUT2D eigenvalue weighted by Crippen LogP contribution is 2.27. The number of rotatable bonds is 4. The van der Waals surface area contributed by atoms with Gasteiger partial charge in [0.05, 0.1) is 4.92 Å². The molecule has 1 atom stereocenters. The Labute approximate surface area is 137 Å². The van der Waals surface area contributed by atoms with Crippen LogP contribution >= 0.6 is 35.6 Å². The molecule has 2 rings (SSSR count). The highest BCUT2D eigenvalue weighted by Gasteiger charge is 2.38. The fourth-order valence-electron chi connectivity index (χ4n) is 1.57. The van der Waals surface area contributed by atoms with Crippen LogP contribution < -0.4 is 10.6 Å². The molecule has 1 unspecified atom stereocenters. The van der Waals surface area contributed by atoms with E-state index < -0.39 is 33.5 Å². The van der Waals surface area contributed by atoms with Gasteiger partial charge in [0, 0.05) is 11.8 Å². The lowest BCUT2D eigenvalue weighted by atomic mass is 10.2. The number of anilines is 1. The molecule has 1 saturated heterocycles. The number of thioether (sulfide) groups is 1. The third-order valence-corrected chi connectivity index (χ3v) is 4.24. The Morgan fingerprint density at radius 3 is 2.68 bits per heavy atom. The normalized spacial score (nSPS) is 17.0. The summed E-state index contributed by atoms with van der Waals surface area (Å²) in [7, 11) is 0. The second-order valence-electron chi connectivity index (χ2n) is 4.02. The first kappa shape index (κ1) is 16.3. The number of nitrogens with one attached hydrogen (secondary N) is 2. The molecule has 0 spiro atoms. The van der Waals surface area contributed by atoms with E-state index >= 15 is 0 Å². The molecule has 0 radical (unpaired) electrons. The van der Waals surface area contributed by atoms with E-state index in [0.717, 1.165) is 17.8 Å². The Kier molecular flexibility index (Phi) is 4.74. The molecule has 0 bridgehead atoms. The fraction of sp³-hybridized carbons (Fsp3) is 0.0909. The van der Waals surface area contributed by atoms with Crippen molar-refractivity contribution in [3.63, 3.8) is 0 Å². The van der Waals surface area contributed by atoms with Crippen molar-refractivity contribution in [2.75, 3.05) is 5.32 Å². The van der Waals surface area contributed by atoms with E-state index in [-0.39, 0.29) is 15.0 Å². The van der Waals surface area contributed by atoms with Crippen LogP contribution in [-0.4, -0.2) is 32.1 Å². The van der Waals surface area contributed by atoms with E-state index in [9.17, 15) is 24.5 Å². The number of hydrogen-bond acceptors (Lipinski definition) is 7. The Morgan fingerprint density at radius 1 is 1.45 bits per heavy atom. The van der Waals surface area contributed by atoms with Gasteiger partial charge in [-0.15, -0.1) is 0 Å². The van der Waals surface area contributed by atoms with Crippen LogP contribution in [0.2, 0.25) is 5.02 Å². The first-order chi connectivity index (χ1) is 10.3. The van der Waals surface area contributed by atoms with Crippen molar-refractivity contribution in [2.45, 2.75) is 5.25 Å². The molecule has 0 saturated carbocycles. The minimum Gasteiger partial charge on any atom is -0.319 e. The van der Waals surface area contributed by atoms with E-state index in [2.05, 4.69) is 10.6 Å². The van der Waals surface area contributed by atoms with E-state index in [1.54, 1.807) is 0 Å². The zero-order chi connectivity index (χ0) is 16.4. The molecule has 0 aliphatic carbocycles. The van der Waals surface area contributed by atoms with Crippen LogP contribution in [0.1, 0.15) is 0 Å². The van der Waals surface area contributed by atoms with E-state index in [4.69, 9.17) is 23.8 Å². The van der Waals surface area contributed by atoms with Gasteiger partial charge in [-0.1, -0.05) is 35.6 Å². The van der Waals surface area contributed by atoms with Crippen LogP contribution in [0.3, 0.4) is 0 Å². The number of halogens is 1. The average molecular weight is 360 g/mol. The lowest BCUT2D eigenvalue weighted by Crippen LogP contribution is -2.37. The van der Waals surface area contributed by atoms with E-state index in [1.165, 1.54) is 12.1 Å². The lowest BCUT2D eigenvalue weighted by Gasteiger charge is -2.07. The van der Waals surface area contributed by atoms with Crippen molar-refractivity contribution in [1.82, 2.24) is 5.32 Å². The number of benzene rings is 1. The molecule has 1 aromatic carbocycles. The van der Waals surface area contributed by atoms with Crippen molar-refractivity contribution < 1.29 is 19.3 Å². The summed E-state index contributed by atoms with van der Waals surface area (Å²) in [5, 5.41) is 13.8. The fourth-order valence-corrected chi connectivity index (χ4v) is 2.90. The van der Waals surface area contributed by atoms with Gasteiger partial charge in [0.15, 0.2) is 5.25 Å². The highest BCUT2D eigenvalue weighted by atomic mass is 35.5. The second kappa shape index (κ2) is 6.38. The van der Waals surface area contributed by atoms with Crippen LogP contribution in [0.5, 0.6) is 0 Å². The number of amides is 2. The van der Waals surface area contributed by atoms with Crippen LogP contribution in [0, 0.1) is 10.1 Å². The topological polar surface area (TPSA) is 118 Å². The number of ketones is 1. The molecule has 1 aliphatic heterocycles. The maximum absolute atomic E-state index is 11.9. The predicted molar refractivity (Wildman–Crippen MR) is 83.9 cm³/mol. The van der Waals surface area contributed by atoms with Crippen molar-refractivity contribution in [2.24, 2.45) is 0 Å². The van der Waals surface area contributed by atoms with Crippen molar-refractivity contribution in [1.29, 1.82) is 0 Å². The number of nitrogens with zero attached hydrogens (tertiary/aromatic N) is 1. The van der Waals surface area contributed by atoms with Gasteiger partial charge in [0.25, 0.3) is 11.6 Å². The summed E-state index contributed by atoms with van der Waals surface area (Å²) in [4.78, 5) is 45.2. The molecule has 22 heavy (non-hydrogen) atoms. The quantitative estimate of drug-likeness (QED) is 0.273.